The minimum absolute atomic E-state index is 0.000316. The number of urea groups is 1. The smallest absolute Gasteiger partial charge is 0.326 e. The maximum absolute atomic E-state index is 13.1. The highest BCUT2D eigenvalue weighted by Gasteiger charge is 2.32. The van der Waals surface area contributed by atoms with E-state index in [0.717, 1.165) is 12.1 Å². The normalized spacial score (nSPS) is 12.7. The molecule has 0 spiro atoms. The van der Waals surface area contributed by atoms with Crippen molar-refractivity contribution >= 4 is 45.2 Å². The maximum atomic E-state index is 13.1. The van der Waals surface area contributed by atoms with E-state index in [1.165, 1.54) is 0 Å². The van der Waals surface area contributed by atoms with Crippen molar-refractivity contribution in [3.8, 4) is 0 Å². The Morgan fingerprint density at radius 1 is 1.38 bits per heavy atom. The molecule has 3 N–H and O–H groups in total. The van der Waals surface area contributed by atoms with Gasteiger partial charge in [0.05, 0.1) is 10.7 Å². The molecule has 1 aromatic carbocycles. The summed E-state index contributed by atoms with van der Waals surface area (Å²) in [5.74, 6) is -1.71. The molecular formula is C13H15BrClFN2O3. The largest absolute Gasteiger partial charge is 0.480 e. The summed E-state index contributed by atoms with van der Waals surface area (Å²) in [6.07, 6.45) is 0. The van der Waals surface area contributed by atoms with E-state index in [9.17, 15) is 14.0 Å². The van der Waals surface area contributed by atoms with Gasteiger partial charge in [0.15, 0.2) is 0 Å². The SMILES string of the molecule is CC(C)(C)[C@@H](NC(=O)Nc1c(Cl)cc(F)cc1Br)C(=O)O. The van der Waals surface area contributed by atoms with Crippen LogP contribution in [0.2, 0.25) is 5.02 Å². The molecule has 0 aliphatic heterocycles. The highest BCUT2D eigenvalue weighted by molar-refractivity contribution is 9.10. The lowest BCUT2D eigenvalue weighted by Gasteiger charge is -2.27. The van der Waals surface area contributed by atoms with Crippen LogP contribution in [0.5, 0.6) is 0 Å². The molecule has 21 heavy (non-hydrogen) atoms. The van der Waals surface area contributed by atoms with E-state index in [1.54, 1.807) is 20.8 Å². The second kappa shape index (κ2) is 6.62. The molecule has 0 fully saturated rings. The molecule has 5 nitrogen and oxygen atoms in total. The first-order valence-electron chi connectivity index (χ1n) is 5.97. The first kappa shape index (κ1) is 17.7. The molecule has 0 unspecified atom stereocenters. The van der Waals surface area contributed by atoms with Crippen LogP contribution in [0.4, 0.5) is 14.9 Å². The summed E-state index contributed by atoms with van der Waals surface area (Å²) < 4.78 is 13.4. The maximum Gasteiger partial charge on any atom is 0.326 e. The molecule has 2 amide bonds. The topological polar surface area (TPSA) is 78.4 Å². The predicted octanol–water partition coefficient (Wildman–Crippen LogP) is 3.86. The lowest BCUT2D eigenvalue weighted by molar-refractivity contribution is -0.141. The minimum Gasteiger partial charge on any atom is -0.480 e. The fourth-order valence-electron chi connectivity index (χ4n) is 1.59. The third kappa shape index (κ3) is 4.86. The number of halogens is 3. The molecule has 0 bridgehead atoms. The second-order valence-electron chi connectivity index (χ2n) is 5.48. The Kier molecular flexibility index (Phi) is 5.58. The molecular weight excluding hydrogens is 367 g/mol. The summed E-state index contributed by atoms with van der Waals surface area (Å²) in [6.45, 7) is 5.06. The molecule has 0 saturated heterocycles. The van der Waals surface area contributed by atoms with Crippen LogP contribution in [0.3, 0.4) is 0 Å². The monoisotopic (exact) mass is 380 g/mol. The summed E-state index contributed by atoms with van der Waals surface area (Å²) in [5, 5.41) is 13.9. The van der Waals surface area contributed by atoms with Crippen molar-refractivity contribution in [2.75, 3.05) is 5.32 Å². The number of hydrogen-bond acceptors (Lipinski definition) is 2. The van der Waals surface area contributed by atoms with Crippen LogP contribution in [-0.2, 0) is 4.79 Å². The van der Waals surface area contributed by atoms with Gasteiger partial charge in [0.1, 0.15) is 11.9 Å². The lowest BCUT2D eigenvalue weighted by Crippen LogP contribution is -2.50. The Bertz CT molecular complexity index is 552. The molecule has 116 valence electrons. The van der Waals surface area contributed by atoms with Crippen LogP contribution in [0, 0.1) is 11.2 Å². The van der Waals surface area contributed by atoms with Crippen molar-refractivity contribution in [3.63, 3.8) is 0 Å². The predicted molar refractivity (Wildman–Crippen MR) is 82.1 cm³/mol. The first-order chi connectivity index (χ1) is 9.52. The molecule has 0 heterocycles. The Labute approximate surface area is 135 Å². The number of aliphatic carboxylic acids is 1. The molecule has 0 aromatic heterocycles. The fraction of sp³-hybridized carbons (Fsp3) is 0.385. The van der Waals surface area contributed by atoms with E-state index in [4.69, 9.17) is 16.7 Å². The number of amides is 2. The zero-order chi connectivity index (χ0) is 16.4. The van der Waals surface area contributed by atoms with Gasteiger partial charge in [-0.05, 0) is 33.5 Å². The summed E-state index contributed by atoms with van der Waals surface area (Å²) in [5.41, 5.74) is -0.513. The quantitative estimate of drug-likeness (QED) is 0.744. The molecule has 1 rings (SSSR count). The van der Waals surface area contributed by atoms with Crippen molar-refractivity contribution in [3.05, 3.63) is 27.4 Å². The Hall–Kier alpha value is -1.34. The van der Waals surface area contributed by atoms with Crippen molar-refractivity contribution in [1.82, 2.24) is 5.32 Å². The number of hydrogen-bond donors (Lipinski definition) is 3. The van der Waals surface area contributed by atoms with Crippen molar-refractivity contribution in [2.45, 2.75) is 26.8 Å². The van der Waals surface area contributed by atoms with Gasteiger partial charge in [-0.3, -0.25) is 0 Å². The molecule has 0 saturated carbocycles. The highest BCUT2D eigenvalue weighted by atomic mass is 79.9. The number of rotatable bonds is 3. The zero-order valence-electron chi connectivity index (χ0n) is 11.6. The first-order valence-corrected chi connectivity index (χ1v) is 7.14. The van der Waals surface area contributed by atoms with Gasteiger partial charge >= 0.3 is 12.0 Å². The molecule has 8 heteroatoms. The number of carboxylic acid groups (broad SMARTS) is 1. The second-order valence-corrected chi connectivity index (χ2v) is 6.74. The van der Waals surface area contributed by atoms with Gasteiger partial charge in [0, 0.05) is 4.47 Å². The Balaban J connectivity index is 2.90. The van der Waals surface area contributed by atoms with Crippen LogP contribution in [0.25, 0.3) is 0 Å². The van der Waals surface area contributed by atoms with E-state index < -0.39 is 29.3 Å². The van der Waals surface area contributed by atoms with Gasteiger partial charge in [-0.15, -0.1) is 0 Å². The van der Waals surface area contributed by atoms with Gasteiger partial charge in [0.25, 0.3) is 0 Å². The standard InChI is InChI=1S/C13H15BrClFN2O3/c1-13(2,3)10(11(19)20)18-12(21)17-9-7(14)4-6(16)5-8(9)15/h4-5,10H,1-3H3,(H,19,20)(H2,17,18,21)/t10-/m0/s1. The fourth-order valence-corrected chi connectivity index (χ4v) is 2.49. The van der Waals surface area contributed by atoms with Crippen molar-refractivity contribution in [2.24, 2.45) is 5.41 Å². The summed E-state index contributed by atoms with van der Waals surface area (Å²) >= 11 is 8.92. The molecule has 0 aliphatic carbocycles. The van der Waals surface area contributed by atoms with Gasteiger partial charge in [-0.1, -0.05) is 32.4 Å². The van der Waals surface area contributed by atoms with Crippen LogP contribution in [0.1, 0.15) is 20.8 Å². The Morgan fingerprint density at radius 3 is 2.38 bits per heavy atom. The van der Waals surface area contributed by atoms with E-state index in [-0.39, 0.29) is 15.2 Å². The number of anilines is 1. The number of carbonyl (C=O) groups excluding carboxylic acids is 1. The third-order valence-corrected chi connectivity index (χ3v) is 3.56. The van der Waals surface area contributed by atoms with E-state index >= 15 is 0 Å². The van der Waals surface area contributed by atoms with Gasteiger partial charge < -0.3 is 15.7 Å². The van der Waals surface area contributed by atoms with Gasteiger partial charge in [-0.2, -0.15) is 0 Å². The van der Waals surface area contributed by atoms with Crippen LogP contribution in [-0.4, -0.2) is 23.1 Å². The highest BCUT2D eigenvalue weighted by Crippen LogP contribution is 2.31. The Morgan fingerprint density at radius 2 is 1.95 bits per heavy atom. The molecule has 0 radical (unpaired) electrons. The number of carbonyl (C=O) groups is 2. The van der Waals surface area contributed by atoms with E-state index in [0.29, 0.717) is 0 Å². The van der Waals surface area contributed by atoms with Crippen molar-refractivity contribution < 1.29 is 19.1 Å². The number of carboxylic acids is 1. The van der Waals surface area contributed by atoms with Crippen molar-refractivity contribution in [1.29, 1.82) is 0 Å². The van der Waals surface area contributed by atoms with Crippen LogP contribution >= 0.6 is 27.5 Å². The van der Waals surface area contributed by atoms with Crippen LogP contribution in [0.15, 0.2) is 16.6 Å². The van der Waals surface area contributed by atoms with Gasteiger partial charge in [-0.25, -0.2) is 14.0 Å². The number of benzene rings is 1. The third-order valence-electron chi connectivity index (χ3n) is 2.63. The molecule has 1 atom stereocenters. The number of nitrogens with one attached hydrogen (secondary N) is 2. The van der Waals surface area contributed by atoms with E-state index in [1.807, 2.05) is 0 Å². The average Bonchev–Trinajstić information content (AvgIpc) is 2.28. The average molecular weight is 382 g/mol. The minimum atomic E-state index is -1.15. The van der Waals surface area contributed by atoms with Crippen LogP contribution < -0.4 is 10.6 Å². The molecule has 1 aromatic rings. The zero-order valence-corrected chi connectivity index (χ0v) is 14.0. The summed E-state index contributed by atoms with van der Waals surface area (Å²) in [6, 6.07) is 0.349. The lowest BCUT2D eigenvalue weighted by atomic mass is 9.87. The summed E-state index contributed by atoms with van der Waals surface area (Å²) in [7, 11) is 0. The van der Waals surface area contributed by atoms with Gasteiger partial charge in [0.2, 0.25) is 0 Å². The molecule has 0 aliphatic rings. The van der Waals surface area contributed by atoms with E-state index in [2.05, 4.69) is 26.6 Å². The summed E-state index contributed by atoms with van der Waals surface area (Å²) in [4.78, 5) is 23.1.